The van der Waals surface area contributed by atoms with Crippen molar-refractivity contribution in [1.29, 1.82) is 0 Å². The molecule has 1 amide bonds. The first-order valence-electron chi connectivity index (χ1n) is 10.4. The Hall–Kier alpha value is -4.19. The molecule has 1 atom stereocenters. The summed E-state index contributed by atoms with van der Waals surface area (Å²) >= 11 is 0. The minimum atomic E-state index is -0.261. The number of aromatic nitrogens is 2. The van der Waals surface area contributed by atoms with Gasteiger partial charge in [-0.1, -0.05) is 35.9 Å². The predicted molar refractivity (Wildman–Crippen MR) is 122 cm³/mol. The second-order valence-electron chi connectivity index (χ2n) is 7.74. The van der Waals surface area contributed by atoms with Crippen LogP contribution in [-0.4, -0.2) is 16.1 Å². The van der Waals surface area contributed by atoms with Crippen molar-refractivity contribution < 1.29 is 13.6 Å². The van der Waals surface area contributed by atoms with Crippen LogP contribution in [0.2, 0.25) is 0 Å². The molecule has 0 saturated heterocycles. The van der Waals surface area contributed by atoms with Crippen LogP contribution in [0.15, 0.2) is 87.7 Å². The van der Waals surface area contributed by atoms with Crippen LogP contribution in [0.1, 0.15) is 34.6 Å². The monoisotopic (exact) mass is 423 g/mol. The predicted octanol–water partition coefficient (Wildman–Crippen LogP) is 5.95. The molecule has 0 fully saturated rings. The van der Waals surface area contributed by atoms with E-state index >= 15 is 0 Å². The van der Waals surface area contributed by atoms with Gasteiger partial charge in [-0.25, -0.2) is 0 Å². The van der Waals surface area contributed by atoms with Crippen LogP contribution in [0.3, 0.4) is 0 Å². The van der Waals surface area contributed by atoms with Crippen LogP contribution in [0, 0.1) is 6.92 Å². The molecule has 0 bridgehead atoms. The standard InChI is InChI=1S/C26H21N3O3/c1-16-7-9-19(10-8-16)25-28-29-26(32-25)20-13-11-18(12-14-20)24(30)27-17(2)23-15-21-5-3-4-6-22(21)31-23/h3-15,17H,1-2H3,(H,27,30). The van der Waals surface area contributed by atoms with Crippen LogP contribution in [0.4, 0.5) is 0 Å². The molecule has 6 nitrogen and oxygen atoms in total. The van der Waals surface area contributed by atoms with Crippen LogP contribution in [0.25, 0.3) is 33.9 Å². The zero-order valence-corrected chi connectivity index (χ0v) is 17.7. The number of nitrogens with zero attached hydrogens (tertiary/aromatic N) is 2. The van der Waals surface area contributed by atoms with Gasteiger partial charge in [0.15, 0.2) is 0 Å². The number of aryl methyl sites for hydroxylation is 1. The first kappa shape index (κ1) is 19.8. The van der Waals surface area contributed by atoms with Gasteiger partial charge in [0.1, 0.15) is 11.3 Å². The van der Waals surface area contributed by atoms with Gasteiger partial charge in [-0.3, -0.25) is 4.79 Å². The minimum absolute atomic E-state index is 0.185. The molecular weight excluding hydrogens is 402 g/mol. The molecule has 158 valence electrons. The number of rotatable bonds is 5. The average Bonchev–Trinajstić information content (AvgIpc) is 3.47. The molecule has 2 heterocycles. The molecule has 3 aromatic carbocycles. The van der Waals surface area contributed by atoms with Crippen molar-refractivity contribution in [3.63, 3.8) is 0 Å². The van der Waals surface area contributed by atoms with Crippen LogP contribution < -0.4 is 5.32 Å². The number of hydrogen-bond acceptors (Lipinski definition) is 5. The fourth-order valence-electron chi connectivity index (χ4n) is 3.48. The lowest BCUT2D eigenvalue weighted by molar-refractivity contribution is 0.0935. The number of carbonyl (C=O) groups excluding carboxylic acids is 1. The molecule has 5 aromatic rings. The van der Waals surface area contributed by atoms with E-state index < -0.39 is 0 Å². The van der Waals surface area contributed by atoms with E-state index in [4.69, 9.17) is 8.83 Å². The summed E-state index contributed by atoms with van der Waals surface area (Å²) in [6.07, 6.45) is 0. The number of carbonyl (C=O) groups is 1. The fourth-order valence-corrected chi connectivity index (χ4v) is 3.48. The number of benzene rings is 3. The summed E-state index contributed by atoms with van der Waals surface area (Å²) in [6.45, 7) is 3.92. The number of hydrogen-bond donors (Lipinski definition) is 1. The molecule has 1 unspecified atom stereocenters. The molecular formula is C26H21N3O3. The first-order valence-corrected chi connectivity index (χ1v) is 10.4. The maximum absolute atomic E-state index is 12.7. The van der Waals surface area contributed by atoms with E-state index in [1.165, 1.54) is 0 Å². The van der Waals surface area contributed by atoms with E-state index in [0.717, 1.165) is 27.7 Å². The summed E-state index contributed by atoms with van der Waals surface area (Å²) in [7, 11) is 0. The Morgan fingerprint density at radius 1 is 0.844 bits per heavy atom. The zero-order chi connectivity index (χ0) is 22.1. The van der Waals surface area contributed by atoms with Gasteiger partial charge in [0.2, 0.25) is 11.8 Å². The second kappa shape index (κ2) is 8.15. The first-order chi connectivity index (χ1) is 15.6. The smallest absolute Gasteiger partial charge is 0.251 e. The third-order valence-corrected chi connectivity index (χ3v) is 5.34. The summed E-state index contributed by atoms with van der Waals surface area (Å²) in [5.74, 6) is 1.39. The molecule has 0 radical (unpaired) electrons. The van der Waals surface area contributed by atoms with E-state index in [1.807, 2.05) is 68.4 Å². The van der Waals surface area contributed by atoms with Gasteiger partial charge >= 0.3 is 0 Å². The van der Waals surface area contributed by atoms with E-state index in [9.17, 15) is 4.79 Å². The Bertz CT molecular complexity index is 1350. The summed E-state index contributed by atoms with van der Waals surface area (Å²) in [6, 6.07) is 24.4. The number of amides is 1. The molecule has 1 N–H and O–H groups in total. The van der Waals surface area contributed by atoms with Gasteiger partial charge in [0.05, 0.1) is 6.04 Å². The SMILES string of the molecule is Cc1ccc(-c2nnc(-c3ccc(C(=O)NC(C)c4cc5ccccc5o4)cc3)o2)cc1. The Balaban J connectivity index is 1.29. The maximum atomic E-state index is 12.7. The lowest BCUT2D eigenvalue weighted by Gasteiger charge is -2.11. The van der Waals surface area contributed by atoms with E-state index in [0.29, 0.717) is 23.1 Å². The minimum Gasteiger partial charge on any atom is -0.459 e. The molecule has 0 aliphatic rings. The quantitative estimate of drug-likeness (QED) is 0.378. The summed E-state index contributed by atoms with van der Waals surface area (Å²) in [4.78, 5) is 12.7. The molecule has 32 heavy (non-hydrogen) atoms. The third kappa shape index (κ3) is 3.90. The van der Waals surface area contributed by atoms with Crippen molar-refractivity contribution in [3.8, 4) is 22.9 Å². The number of fused-ring (bicyclic) bond motifs is 1. The molecule has 0 spiro atoms. The Morgan fingerprint density at radius 3 is 2.12 bits per heavy atom. The van der Waals surface area contributed by atoms with Crippen molar-refractivity contribution in [1.82, 2.24) is 15.5 Å². The Morgan fingerprint density at radius 2 is 1.47 bits per heavy atom. The van der Waals surface area contributed by atoms with Crippen molar-refractivity contribution in [2.24, 2.45) is 0 Å². The fraction of sp³-hybridized carbons (Fsp3) is 0.115. The highest BCUT2D eigenvalue weighted by Gasteiger charge is 2.16. The van der Waals surface area contributed by atoms with Crippen molar-refractivity contribution in [3.05, 3.63) is 95.7 Å². The summed E-state index contributed by atoms with van der Waals surface area (Å²) in [5.41, 5.74) is 4.12. The zero-order valence-electron chi connectivity index (χ0n) is 17.7. The molecule has 0 aliphatic carbocycles. The second-order valence-corrected chi connectivity index (χ2v) is 7.74. The van der Waals surface area contributed by atoms with Crippen molar-refractivity contribution in [2.75, 3.05) is 0 Å². The summed E-state index contributed by atoms with van der Waals surface area (Å²) in [5, 5.41) is 12.3. The van der Waals surface area contributed by atoms with E-state index in [-0.39, 0.29) is 11.9 Å². The largest absolute Gasteiger partial charge is 0.459 e. The van der Waals surface area contributed by atoms with Gasteiger partial charge in [-0.2, -0.15) is 0 Å². The Kier molecular flexibility index (Phi) is 5.03. The van der Waals surface area contributed by atoms with Crippen molar-refractivity contribution >= 4 is 16.9 Å². The highest BCUT2D eigenvalue weighted by molar-refractivity contribution is 5.94. The molecule has 6 heteroatoms. The highest BCUT2D eigenvalue weighted by atomic mass is 16.4. The van der Waals surface area contributed by atoms with Crippen LogP contribution >= 0.6 is 0 Å². The normalized spacial score (nSPS) is 12.1. The van der Waals surface area contributed by atoms with Gasteiger partial charge in [-0.05, 0) is 62.4 Å². The topological polar surface area (TPSA) is 81.2 Å². The average molecular weight is 423 g/mol. The Labute approximate surface area is 184 Å². The molecule has 0 saturated carbocycles. The van der Waals surface area contributed by atoms with E-state index in [1.54, 1.807) is 24.3 Å². The lowest BCUT2D eigenvalue weighted by atomic mass is 10.1. The van der Waals surface area contributed by atoms with Crippen LogP contribution in [-0.2, 0) is 0 Å². The third-order valence-electron chi connectivity index (χ3n) is 5.34. The van der Waals surface area contributed by atoms with Crippen molar-refractivity contribution in [2.45, 2.75) is 19.9 Å². The number of nitrogens with one attached hydrogen (secondary N) is 1. The lowest BCUT2D eigenvalue weighted by Crippen LogP contribution is -2.26. The molecule has 5 rings (SSSR count). The number of furan rings is 1. The van der Waals surface area contributed by atoms with Gasteiger partial charge < -0.3 is 14.2 Å². The van der Waals surface area contributed by atoms with Crippen LogP contribution in [0.5, 0.6) is 0 Å². The van der Waals surface area contributed by atoms with Gasteiger partial charge in [-0.15, -0.1) is 10.2 Å². The van der Waals surface area contributed by atoms with E-state index in [2.05, 4.69) is 15.5 Å². The highest BCUT2D eigenvalue weighted by Crippen LogP contribution is 2.26. The maximum Gasteiger partial charge on any atom is 0.251 e. The van der Waals surface area contributed by atoms with Gasteiger partial charge in [0.25, 0.3) is 5.91 Å². The van der Waals surface area contributed by atoms with Gasteiger partial charge in [0, 0.05) is 22.1 Å². The molecule has 0 aliphatic heterocycles. The summed E-state index contributed by atoms with van der Waals surface area (Å²) < 4.78 is 11.7. The molecule has 2 aromatic heterocycles. The number of para-hydroxylation sites is 1.